The maximum Gasteiger partial charge on any atom is 0.358 e. The third-order valence-electron chi connectivity index (χ3n) is 6.46. The second kappa shape index (κ2) is 7.78. The highest BCUT2D eigenvalue weighted by molar-refractivity contribution is 5.96. The fourth-order valence-electron chi connectivity index (χ4n) is 4.86. The average Bonchev–Trinajstić information content (AvgIpc) is 2.94. The number of hydrazine groups is 1. The summed E-state index contributed by atoms with van der Waals surface area (Å²) in [6.07, 6.45) is 3.16. The Morgan fingerprint density at radius 1 is 1.20 bits per heavy atom. The molecule has 1 aromatic rings. The van der Waals surface area contributed by atoms with Crippen LogP contribution < -0.4 is 15.6 Å². The van der Waals surface area contributed by atoms with Gasteiger partial charge in [-0.15, -0.1) is 5.01 Å². The van der Waals surface area contributed by atoms with Gasteiger partial charge in [-0.3, -0.25) is 9.91 Å². The number of carbonyl (C=O) groups excluding carboxylic acids is 2. The second-order valence-electron chi connectivity index (χ2n) is 8.94. The lowest BCUT2D eigenvalue weighted by atomic mass is 9.87. The molecule has 2 saturated heterocycles. The average molecular weight is 412 g/mol. The standard InChI is InChI=1S/C21H28N6O3/c1-21(2)12-26(18-7-5-4-6-17(18)21)27(19(28)23-13-22)20(29)24-14-8-15-10-30-11-16(9-14)25(15)3/h4-7,14-16H,8-12H2,1-3H3,(H,23,28)(H,24,29). The fraction of sp³-hybridized carbons (Fsp3) is 0.571. The van der Waals surface area contributed by atoms with E-state index in [0.29, 0.717) is 19.8 Å². The Hall–Kier alpha value is -2.83. The molecule has 0 aliphatic carbocycles. The topological polar surface area (TPSA) is 101 Å². The number of benzene rings is 1. The molecule has 3 heterocycles. The number of anilines is 1. The molecule has 2 bridgehead atoms. The Bertz CT molecular complexity index is 868. The van der Waals surface area contributed by atoms with Crippen LogP contribution in [0.25, 0.3) is 0 Å². The number of hydrogen-bond acceptors (Lipinski definition) is 6. The van der Waals surface area contributed by atoms with Gasteiger partial charge in [0.2, 0.25) is 0 Å². The minimum atomic E-state index is -0.765. The van der Waals surface area contributed by atoms with Gasteiger partial charge in [0.25, 0.3) is 0 Å². The fourth-order valence-corrected chi connectivity index (χ4v) is 4.86. The molecule has 0 aromatic heterocycles. The van der Waals surface area contributed by atoms with E-state index < -0.39 is 12.1 Å². The molecule has 1 aromatic carbocycles. The van der Waals surface area contributed by atoms with Gasteiger partial charge >= 0.3 is 12.1 Å². The molecule has 0 radical (unpaired) electrons. The van der Waals surface area contributed by atoms with E-state index in [1.54, 1.807) is 11.2 Å². The number of ether oxygens (including phenoxy) is 1. The molecule has 3 aliphatic rings. The van der Waals surface area contributed by atoms with E-state index in [0.717, 1.165) is 29.1 Å². The van der Waals surface area contributed by atoms with E-state index in [4.69, 9.17) is 10.00 Å². The molecular formula is C21H28N6O3. The number of nitriles is 1. The smallest absolute Gasteiger partial charge is 0.358 e. The molecule has 2 N–H and O–H groups in total. The summed E-state index contributed by atoms with van der Waals surface area (Å²) in [5, 5.41) is 16.8. The summed E-state index contributed by atoms with van der Waals surface area (Å²) in [7, 11) is 2.09. The molecule has 9 heteroatoms. The quantitative estimate of drug-likeness (QED) is 0.567. The minimum absolute atomic E-state index is 0.0594. The maximum absolute atomic E-state index is 13.3. The van der Waals surface area contributed by atoms with Crippen molar-refractivity contribution >= 4 is 17.7 Å². The van der Waals surface area contributed by atoms with Crippen molar-refractivity contribution in [2.24, 2.45) is 0 Å². The zero-order valence-corrected chi connectivity index (χ0v) is 17.6. The van der Waals surface area contributed by atoms with Gasteiger partial charge in [-0.2, -0.15) is 5.26 Å². The van der Waals surface area contributed by atoms with Crippen LogP contribution in [0.3, 0.4) is 0 Å². The third-order valence-corrected chi connectivity index (χ3v) is 6.46. The van der Waals surface area contributed by atoms with Crippen LogP contribution in [0.2, 0.25) is 0 Å². The molecule has 4 amide bonds. The number of nitrogens with one attached hydrogen (secondary N) is 2. The summed E-state index contributed by atoms with van der Waals surface area (Å²) in [4.78, 5) is 28.3. The summed E-state index contributed by atoms with van der Waals surface area (Å²) >= 11 is 0. The largest absolute Gasteiger partial charge is 0.378 e. The number of piperidine rings is 1. The minimum Gasteiger partial charge on any atom is -0.378 e. The van der Waals surface area contributed by atoms with Crippen molar-refractivity contribution in [3.63, 3.8) is 0 Å². The van der Waals surface area contributed by atoms with Crippen LogP contribution in [0, 0.1) is 11.5 Å². The SMILES string of the molecule is CN1C2COCC1CC(NC(=O)N(C(=O)NC#N)N1CC(C)(C)c3ccccc31)C2. The third kappa shape index (κ3) is 3.57. The normalized spacial score (nSPS) is 27.0. The van der Waals surface area contributed by atoms with Crippen LogP contribution in [-0.4, -0.2) is 66.9 Å². The Morgan fingerprint density at radius 3 is 2.53 bits per heavy atom. The number of rotatable bonds is 2. The molecule has 0 saturated carbocycles. The van der Waals surface area contributed by atoms with Crippen LogP contribution in [0.4, 0.5) is 15.3 Å². The van der Waals surface area contributed by atoms with Crippen molar-refractivity contribution in [3.8, 4) is 6.19 Å². The van der Waals surface area contributed by atoms with Gasteiger partial charge in [-0.05, 0) is 31.5 Å². The summed E-state index contributed by atoms with van der Waals surface area (Å²) in [5.74, 6) is 0. The van der Waals surface area contributed by atoms with Crippen molar-refractivity contribution in [3.05, 3.63) is 29.8 Å². The van der Waals surface area contributed by atoms with Crippen molar-refractivity contribution in [2.45, 2.75) is 50.2 Å². The summed E-state index contributed by atoms with van der Waals surface area (Å²) in [5.41, 5.74) is 1.60. The Balaban J connectivity index is 1.57. The molecule has 4 rings (SSSR count). The highest BCUT2D eigenvalue weighted by Gasteiger charge is 2.43. The van der Waals surface area contributed by atoms with Gasteiger partial charge in [-0.1, -0.05) is 32.0 Å². The van der Waals surface area contributed by atoms with Crippen molar-refractivity contribution in [1.29, 1.82) is 5.26 Å². The molecule has 0 spiro atoms. The molecule has 2 fully saturated rings. The van der Waals surface area contributed by atoms with Crippen LogP contribution in [-0.2, 0) is 10.2 Å². The summed E-state index contributed by atoms with van der Waals surface area (Å²) in [6.45, 7) is 5.88. The van der Waals surface area contributed by atoms with Crippen LogP contribution in [0.15, 0.2) is 24.3 Å². The second-order valence-corrected chi connectivity index (χ2v) is 8.94. The van der Waals surface area contributed by atoms with E-state index in [-0.39, 0.29) is 23.5 Å². The molecule has 2 atom stereocenters. The number of urea groups is 2. The van der Waals surface area contributed by atoms with Gasteiger partial charge in [0.05, 0.1) is 18.9 Å². The van der Waals surface area contributed by atoms with Gasteiger partial charge in [0.15, 0.2) is 6.19 Å². The first-order chi connectivity index (χ1) is 14.3. The van der Waals surface area contributed by atoms with E-state index >= 15 is 0 Å². The lowest BCUT2D eigenvalue weighted by molar-refractivity contribution is -0.0669. The number of fused-ring (bicyclic) bond motifs is 3. The molecule has 3 aliphatic heterocycles. The molecule has 2 unspecified atom stereocenters. The molecule has 160 valence electrons. The van der Waals surface area contributed by atoms with Gasteiger partial charge in [-0.25, -0.2) is 14.9 Å². The van der Waals surface area contributed by atoms with Gasteiger partial charge in [0, 0.05) is 30.1 Å². The number of hydrogen-bond donors (Lipinski definition) is 2. The van der Waals surface area contributed by atoms with E-state index in [1.807, 2.05) is 24.3 Å². The molecular weight excluding hydrogens is 384 g/mol. The first-order valence-electron chi connectivity index (χ1n) is 10.3. The molecule has 9 nitrogen and oxygen atoms in total. The Kier molecular flexibility index (Phi) is 5.30. The predicted octanol–water partition coefficient (Wildman–Crippen LogP) is 1.76. The lowest BCUT2D eigenvalue weighted by Crippen LogP contribution is -2.62. The number of likely N-dealkylation sites (N-methyl/N-ethyl adjacent to an activating group) is 1. The Labute approximate surface area is 176 Å². The van der Waals surface area contributed by atoms with Crippen molar-refractivity contribution in [2.75, 3.05) is 31.8 Å². The van der Waals surface area contributed by atoms with Crippen LogP contribution in [0.1, 0.15) is 32.3 Å². The van der Waals surface area contributed by atoms with E-state index in [1.165, 1.54) is 0 Å². The number of imide groups is 1. The number of amides is 4. The monoisotopic (exact) mass is 412 g/mol. The zero-order valence-electron chi connectivity index (χ0n) is 17.6. The first-order valence-corrected chi connectivity index (χ1v) is 10.3. The van der Waals surface area contributed by atoms with Crippen molar-refractivity contribution in [1.82, 2.24) is 20.5 Å². The highest BCUT2D eigenvalue weighted by atomic mass is 16.5. The maximum atomic E-state index is 13.3. The summed E-state index contributed by atoms with van der Waals surface area (Å²) in [6, 6.07) is 6.87. The van der Waals surface area contributed by atoms with Crippen LogP contribution in [0.5, 0.6) is 0 Å². The van der Waals surface area contributed by atoms with E-state index in [2.05, 4.69) is 36.4 Å². The highest BCUT2D eigenvalue weighted by Crippen LogP contribution is 2.41. The van der Waals surface area contributed by atoms with Gasteiger partial charge < -0.3 is 10.1 Å². The lowest BCUT2D eigenvalue weighted by Gasteiger charge is -2.47. The van der Waals surface area contributed by atoms with E-state index in [9.17, 15) is 9.59 Å². The predicted molar refractivity (Wildman–Crippen MR) is 111 cm³/mol. The number of morpholine rings is 1. The molecule has 30 heavy (non-hydrogen) atoms. The number of nitrogens with zero attached hydrogens (tertiary/aromatic N) is 4. The number of carbonyl (C=O) groups is 2. The first kappa shape index (κ1) is 20.4. The van der Waals surface area contributed by atoms with Crippen LogP contribution >= 0.6 is 0 Å². The van der Waals surface area contributed by atoms with Crippen molar-refractivity contribution < 1.29 is 14.3 Å². The summed E-state index contributed by atoms with van der Waals surface area (Å²) < 4.78 is 5.65. The zero-order chi connectivity index (χ0) is 21.5. The van der Waals surface area contributed by atoms with Gasteiger partial charge in [0.1, 0.15) is 0 Å². The number of para-hydroxylation sites is 1. The Morgan fingerprint density at radius 2 is 1.87 bits per heavy atom.